The number of anilines is 2. The van der Waals surface area contributed by atoms with Crippen molar-refractivity contribution >= 4 is 40.7 Å². The van der Waals surface area contributed by atoms with Crippen LogP contribution in [0.25, 0.3) is 0 Å². The molecule has 0 bridgehead atoms. The summed E-state index contributed by atoms with van der Waals surface area (Å²) in [5.41, 5.74) is 1.30. The molecule has 2 amide bonds. The third kappa shape index (κ3) is 5.54. The quantitative estimate of drug-likeness (QED) is 0.633. The number of carbonyl (C=O) groups excluding carboxylic acids is 3. The van der Waals surface area contributed by atoms with Crippen molar-refractivity contribution < 1.29 is 14.4 Å². The Bertz CT molecular complexity index is 828. The first-order valence-corrected chi connectivity index (χ1v) is 7.76. The number of hydrogen-bond acceptors (Lipinski definition) is 4. The van der Waals surface area contributed by atoms with Crippen molar-refractivity contribution in [3.05, 3.63) is 64.8 Å². The molecule has 1 aromatic carbocycles. The molecule has 128 valence electrons. The van der Waals surface area contributed by atoms with Crippen LogP contribution in [-0.4, -0.2) is 22.6 Å². The summed E-state index contributed by atoms with van der Waals surface area (Å²) in [6.07, 6.45) is 2.60. The Morgan fingerprint density at radius 2 is 1.68 bits per heavy atom. The van der Waals surface area contributed by atoms with E-state index in [2.05, 4.69) is 15.6 Å². The fourth-order valence-electron chi connectivity index (χ4n) is 1.89. The van der Waals surface area contributed by atoms with Gasteiger partial charge in [0.15, 0.2) is 5.78 Å². The normalized spacial score (nSPS) is 10.9. The standard InChI is InChI=1S/C18H16ClN3O3/c1-11(18(25)22-16-8-5-14(19)10-20-16)9-17(24)21-15-6-3-13(4-7-15)12(2)23/h3-10H,1-2H3,(H,21,24)(H,20,22,25)/b11-9-. The number of hydrogen-bond donors (Lipinski definition) is 2. The van der Waals surface area contributed by atoms with Crippen molar-refractivity contribution in [3.8, 4) is 0 Å². The van der Waals surface area contributed by atoms with Crippen LogP contribution >= 0.6 is 11.6 Å². The Kier molecular flexibility index (Phi) is 6.03. The first-order chi connectivity index (χ1) is 11.8. The third-order valence-electron chi connectivity index (χ3n) is 3.23. The number of ketones is 1. The van der Waals surface area contributed by atoms with E-state index in [-0.39, 0.29) is 11.4 Å². The number of rotatable bonds is 5. The molecule has 0 atom stereocenters. The van der Waals surface area contributed by atoms with Crippen molar-refractivity contribution in [1.82, 2.24) is 4.98 Å². The molecular weight excluding hydrogens is 342 g/mol. The number of carbonyl (C=O) groups is 3. The predicted octanol–water partition coefficient (Wildman–Crippen LogP) is 3.46. The monoisotopic (exact) mass is 357 g/mol. The molecule has 1 aromatic heterocycles. The Balaban J connectivity index is 1.97. The largest absolute Gasteiger partial charge is 0.323 e. The van der Waals surface area contributed by atoms with E-state index in [9.17, 15) is 14.4 Å². The minimum Gasteiger partial charge on any atom is -0.323 e. The molecule has 0 saturated carbocycles. The van der Waals surface area contributed by atoms with Crippen LogP contribution in [0.3, 0.4) is 0 Å². The van der Waals surface area contributed by atoms with Gasteiger partial charge in [-0.25, -0.2) is 4.98 Å². The van der Waals surface area contributed by atoms with E-state index in [1.165, 1.54) is 26.1 Å². The van der Waals surface area contributed by atoms with Gasteiger partial charge in [-0.05, 0) is 50.2 Å². The molecule has 0 spiro atoms. The highest BCUT2D eigenvalue weighted by molar-refractivity contribution is 6.30. The Morgan fingerprint density at radius 3 is 2.24 bits per heavy atom. The van der Waals surface area contributed by atoms with Crippen molar-refractivity contribution in [3.63, 3.8) is 0 Å². The Hall–Kier alpha value is -2.99. The molecule has 0 saturated heterocycles. The molecule has 0 radical (unpaired) electrons. The van der Waals surface area contributed by atoms with Gasteiger partial charge in [0.25, 0.3) is 5.91 Å². The van der Waals surface area contributed by atoms with Crippen molar-refractivity contribution in [2.75, 3.05) is 10.6 Å². The zero-order valence-corrected chi connectivity index (χ0v) is 14.4. The lowest BCUT2D eigenvalue weighted by Crippen LogP contribution is -2.16. The van der Waals surface area contributed by atoms with Crippen LogP contribution in [-0.2, 0) is 9.59 Å². The predicted molar refractivity (Wildman–Crippen MR) is 96.7 cm³/mol. The second kappa shape index (κ2) is 8.21. The molecule has 0 aliphatic heterocycles. The minimum atomic E-state index is -0.452. The van der Waals surface area contributed by atoms with E-state index < -0.39 is 11.8 Å². The molecule has 7 heteroatoms. The summed E-state index contributed by atoms with van der Waals surface area (Å²) < 4.78 is 0. The molecule has 25 heavy (non-hydrogen) atoms. The van der Waals surface area contributed by atoms with Crippen LogP contribution in [0.5, 0.6) is 0 Å². The molecular formula is C18H16ClN3O3. The van der Waals surface area contributed by atoms with Gasteiger partial charge in [0.1, 0.15) is 5.82 Å². The zero-order valence-electron chi connectivity index (χ0n) is 13.7. The van der Waals surface area contributed by atoms with E-state index in [0.29, 0.717) is 22.1 Å². The lowest BCUT2D eigenvalue weighted by molar-refractivity contribution is -0.114. The summed E-state index contributed by atoms with van der Waals surface area (Å²) >= 11 is 5.73. The summed E-state index contributed by atoms with van der Waals surface area (Å²) in [4.78, 5) is 39.2. The van der Waals surface area contributed by atoms with Gasteiger partial charge in [-0.3, -0.25) is 14.4 Å². The average Bonchev–Trinajstić information content (AvgIpc) is 2.57. The van der Waals surface area contributed by atoms with Crippen LogP contribution in [0.4, 0.5) is 11.5 Å². The summed E-state index contributed by atoms with van der Waals surface area (Å²) in [5.74, 6) is -0.618. The number of nitrogens with one attached hydrogen (secondary N) is 2. The third-order valence-corrected chi connectivity index (χ3v) is 3.46. The van der Waals surface area contributed by atoms with Gasteiger partial charge < -0.3 is 10.6 Å². The SMILES string of the molecule is CC(=O)c1ccc(NC(=O)/C=C(/C)C(=O)Nc2ccc(Cl)cn2)cc1. The topological polar surface area (TPSA) is 88.2 Å². The number of pyridine rings is 1. The first-order valence-electron chi connectivity index (χ1n) is 7.38. The average molecular weight is 358 g/mol. The Morgan fingerprint density at radius 1 is 1.00 bits per heavy atom. The maximum Gasteiger partial charge on any atom is 0.252 e. The number of nitrogens with zero attached hydrogens (tertiary/aromatic N) is 1. The smallest absolute Gasteiger partial charge is 0.252 e. The number of aromatic nitrogens is 1. The molecule has 6 nitrogen and oxygen atoms in total. The van der Waals surface area contributed by atoms with Crippen LogP contribution in [0.2, 0.25) is 5.02 Å². The maximum absolute atomic E-state index is 12.0. The summed E-state index contributed by atoms with van der Waals surface area (Å²) in [7, 11) is 0. The van der Waals surface area contributed by atoms with Crippen molar-refractivity contribution in [2.45, 2.75) is 13.8 Å². The van der Waals surface area contributed by atoms with E-state index >= 15 is 0 Å². The van der Waals surface area contributed by atoms with Crippen LogP contribution in [0.15, 0.2) is 54.2 Å². The van der Waals surface area contributed by atoms with Gasteiger partial charge in [0.05, 0.1) is 5.02 Å². The van der Waals surface area contributed by atoms with Crippen LogP contribution < -0.4 is 10.6 Å². The lowest BCUT2D eigenvalue weighted by atomic mass is 10.1. The fourth-order valence-corrected chi connectivity index (χ4v) is 2.01. The minimum absolute atomic E-state index is 0.0545. The van der Waals surface area contributed by atoms with Crippen molar-refractivity contribution in [1.29, 1.82) is 0 Å². The molecule has 2 rings (SSSR count). The number of Topliss-reactive ketones (excluding diaryl/α,β-unsaturated/α-hetero) is 1. The highest BCUT2D eigenvalue weighted by atomic mass is 35.5. The van der Waals surface area contributed by atoms with E-state index in [1.807, 2.05) is 0 Å². The summed E-state index contributed by atoms with van der Waals surface area (Å²) in [6, 6.07) is 9.64. The second-order valence-electron chi connectivity index (χ2n) is 5.27. The lowest BCUT2D eigenvalue weighted by Gasteiger charge is -2.06. The van der Waals surface area contributed by atoms with Crippen LogP contribution in [0.1, 0.15) is 24.2 Å². The zero-order chi connectivity index (χ0) is 18.4. The molecule has 0 aliphatic rings. The van der Waals surface area contributed by atoms with Crippen molar-refractivity contribution in [2.24, 2.45) is 0 Å². The van der Waals surface area contributed by atoms with Gasteiger partial charge in [-0.1, -0.05) is 11.6 Å². The summed E-state index contributed by atoms with van der Waals surface area (Å²) in [5, 5.41) is 5.65. The fraction of sp³-hybridized carbons (Fsp3) is 0.111. The second-order valence-corrected chi connectivity index (χ2v) is 5.70. The molecule has 0 fully saturated rings. The molecule has 0 unspecified atom stereocenters. The summed E-state index contributed by atoms with van der Waals surface area (Å²) in [6.45, 7) is 2.98. The highest BCUT2D eigenvalue weighted by Gasteiger charge is 2.08. The van der Waals surface area contributed by atoms with E-state index in [4.69, 9.17) is 11.6 Å². The molecule has 2 aromatic rings. The van der Waals surface area contributed by atoms with E-state index in [1.54, 1.807) is 36.4 Å². The number of benzene rings is 1. The molecule has 2 N–H and O–H groups in total. The number of halogens is 1. The molecule has 0 aliphatic carbocycles. The maximum atomic E-state index is 12.0. The van der Waals surface area contributed by atoms with Gasteiger partial charge in [-0.15, -0.1) is 0 Å². The van der Waals surface area contributed by atoms with Gasteiger partial charge in [0.2, 0.25) is 5.91 Å². The van der Waals surface area contributed by atoms with Gasteiger partial charge in [0, 0.05) is 29.1 Å². The molecule has 1 heterocycles. The Labute approximate surface area is 149 Å². The van der Waals surface area contributed by atoms with Crippen LogP contribution in [0, 0.1) is 0 Å². The number of amides is 2. The first kappa shape index (κ1) is 18.4. The highest BCUT2D eigenvalue weighted by Crippen LogP contribution is 2.12. The van der Waals surface area contributed by atoms with Gasteiger partial charge >= 0.3 is 0 Å². The van der Waals surface area contributed by atoms with Gasteiger partial charge in [-0.2, -0.15) is 0 Å². The van der Waals surface area contributed by atoms with E-state index in [0.717, 1.165) is 0 Å².